The lowest BCUT2D eigenvalue weighted by Gasteiger charge is -2.26. The zero-order valence-electron chi connectivity index (χ0n) is 17.6. The second-order valence-electron chi connectivity index (χ2n) is 8.36. The summed E-state index contributed by atoms with van der Waals surface area (Å²) >= 11 is 6.51. The van der Waals surface area contributed by atoms with E-state index < -0.39 is 0 Å². The van der Waals surface area contributed by atoms with Gasteiger partial charge in [-0.05, 0) is 43.7 Å². The molecule has 164 valence electrons. The molecule has 5 N–H and O–H groups in total. The quantitative estimate of drug-likeness (QED) is 0.403. The fraction of sp³-hybridized carbons (Fsp3) is 0.292. The third kappa shape index (κ3) is 4.13. The Morgan fingerprint density at radius 2 is 1.75 bits per heavy atom. The fourth-order valence-electron chi connectivity index (χ4n) is 4.24. The van der Waals surface area contributed by atoms with Crippen molar-refractivity contribution >= 4 is 28.3 Å². The Kier molecular flexibility index (Phi) is 5.68. The number of rotatable bonds is 5. The van der Waals surface area contributed by atoms with Crippen LogP contribution in [0.2, 0.25) is 5.02 Å². The second-order valence-corrected chi connectivity index (χ2v) is 8.77. The zero-order chi connectivity index (χ0) is 22.1. The first kappa shape index (κ1) is 20.7. The molecular formula is C24H25ClN6O. The number of H-pyrrole nitrogens is 1. The summed E-state index contributed by atoms with van der Waals surface area (Å²) in [6.07, 6.45) is 5.89. The molecule has 2 heterocycles. The van der Waals surface area contributed by atoms with Gasteiger partial charge >= 0.3 is 0 Å². The minimum absolute atomic E-state index is 0.274. The number of nitrogens with one attached hydrogen (secondary N) is 1. The number of fused-ring (bicyclic) bond motifs is 1. The summed E-state index contributed by atoms with van der Waals surface area (Å²) in [6, 6.07) is 14.0. The normalized spacial score (nSPS) is 18.7. The molecule has 2 aromatic carbocycles. The van der Waals surface area contributed by atoms with Gasteiger partial charge in [0, 0.05) is 22.6 Å². The Balaban J connectivity index is 1.55. The van der Waals surface area contributed by atoms with E-state index in [0.717, 1.165) is 47.7 Å². The number of nitrogens with zero attached hydrogens (tertiary/aromatic N) is 3. The highest BCUT2D eigenvalue weighted by Gasteiger charge is 2.22. The molecule has 0 atom stereocenters. The van der Waals surface area contributed by atoms with Crippen LogP contribution in [0.3, 0.4) is 0 Å². The largest absolute Gasteiger partial charge is 0.475 e. The molecule has 1 fully saturated rings. The van der Waals surface area contributed by atoms with Crippen molar-refractivity contribution in [2.45, 2.75) is 31.7 Å². The van der Waals surface area contributed by atoms with E-state index in [0.29, 0.717) is 40.9 Å². The Morgan fingerprint density at radius 1 is 1.00 bits per heavy atom. The molecule has 1 aliphatic rings. The number of halogens is 1. The summed E-state index contributed by atoms with van der Waals surface area (Å²) < 4.78 is 6.08. The molecule has 8 heteroatoms. The average molecular weight is 449 g/mol. The first-order chi connectivity index (χ1) is 15.6. The maximum Gasteiger partial charge on any atom is 0.257 e. The lowest BCUT2D eigenvalue weighted by molar-refractivity contribution is 0.196. The van der Waals surface area contributed by atoms with Crippen LogP contribution in [0.15, 0.2) is 48.7 Å². The molecule has 5 rings (SSSR count). The highest BCUT2D eigenvalue weighted by Crippen LogP contribution is 2.36. The molecule has 0 radical (unpaired) electrons. The van der Waals surface area contributed by atoms with Crippen molar-refractivity contribution in [1.82, 2.24) is 20.2 Å². The summed E-state index contributed by atoms with van der Waals surface area (Å²) in [4.78, 5) is 9.52. The van der Waals surface area contributed by atoms with Gasteiger partial charge in [-0.15, -0.1) is 0 Å². The monoisotopic (exact) mass is 448 g/mol. The molecule has 0 saturated heterocycles. The number of anilines is 1. The predicted octanol–water partition coefficient (Wildman–Crippen LogP) is 4.82. The number of hydrogen-bond donors (Lipinski definition) is 3. The first-order valence-corrected chi connectivity index (χ1v) is 11.2. The minimum atomic E-state index is 0.274. The molecular weight excluding hydrogens is 424 g/mol. The van der Waals surface area contributed by atoms with Crippen molar-refractivity contribution in [2.75, 3.05) is 12.3 Å². The van der Waals surface area contributed by atoms with Gasteiger partial charge in [-0.1, -0.05) is 41.9 Å². The van der Waals surface area contributed by atoms with Crippen LogP contribution in [-0.2, 0) is 0 Å². The molecule has 0 unspecified atom stereocenters. The minimum Gasteiger partial charge on any atom is -0.475 e. The van der Waals surface area contributed by atoms with Gasteiger partial charge in [0.15, 0.2) is 5.82 Å². The molecule has 1 aliphatic carbocycles. The van der Waals surface area contributed by atoms with Gasteiger partial charge in [-0.2, -0.15) is 5.10 Å². The summed E-state index contributed by atoms with van der Waals surface area (Å²) in [6.45, 7) is 0.553. The fourth-order valence-corrected chi connectivity index (χ4v) is 4.51. The van der Waals surface area contributed by atoms with Crippen LogP contribution in [-0.4, -0.2) is 32.8 Å². The van der Waals surface area contributed by atoms with Crippen molar-refractivity contribution in [2.24, 2.45) is 11.7 Å². The second kappa shape index (κ2) is 8.76. The Morgan fingerprint density at radius 3 is 2.53 bits per heavy atom. The van der Waals surface area contributed by atoms with Crippen molar-refractivity contribution in [3.63, 3.8) is 0 Å². The molecule has 0 bridgehead atoms. The van der Waals surface area contributed by atoms with Gasteiger partial charge in [0.1, 0.15) is 5.69 Å². The standard InChI is InChI=1S/C24H25ClN6O/c25-19-11-16(10-17-12-28-31-20(17)19)22-21(15-4-2-1-3-5-15)29-23(27)24(30-22)32-13-14-6-8-18(26)9-7-14/h1-5,10-12,14,18H,6-9,13,26H2,(H2,27,29)(H,28,31). The van der Waals surface area contributed by atoms with E-state index in [1.807, 2.05) is 42.5 Å². The lowest BCUT2D eigenvalue weighted by atomic mass is 9.87. The number of benzene rings is 2. The number of aromatic amines is 1. The van der Waals surface area contributed by atoms with Crippen molar-refractivity contribution < 1.29 is 4.74 Å². The highest BCUT2D eigenvalue weighted by molar-refractivity contribution is 6.35. The lowest BCUT2D eigenvalue weighted by Crippen LogP contribution is -2.29. The third-order valence-electron chi connectivity index (χ3n) is 6.06. The number of aromatic nitrogens is 4. The topological polar surface area (TPSA) is 116 Å². The van der Waals surface area contributed by atoms with Crippen LogP contribution in [0.5, 0.6) is 5.88 Å². The van der Waals surface area contributed by atoms with Gasteiger partial charge in [-0.3, -0.25) is 5.10 Å². The van der Waals surface area contributed by atoms with E-state index in [1.54, 1.807) is 6.20 Å². The smallest absolute Gasteiger partial charge is 0.257 e. The van der Waals surface area contributed by atoms with E-state index in [2.05, 4.69) is 10.2 Å². The number of ether oxygens (including phenoxy) is 1. The molecule has 0 spiro atoms. The molecule has 2 aromatic heterocycles. The van der Waals surface area contributed by atoms with Gasteiger partial charge in [0.25, 0.3) is 5.88 Å². The molecule has 32 heavy (non-hydrogen) atoms. The number of nitrogens with two attached hydrogens (primary N) is 2. The van der Waals surface area contributed by atoms with Crippen LogP contribution >= 0.6 is 11.6 Å². The van der Waals surface area contributed by atoms with Gasteiger partial charge in [0.2, 0.25) is 0 Å². The van der Waals surface area contributed by atoms with Crippen LogP contribution in [0.4, 0.5) is 5.82 Å². The van der Waals surface area contributed by atoms with Gasteiger partial charge in [0.05, 0.1) is 29.0 Å². The average Bonchev–Trinajstić information content (AvgIpc) is 3.29. The highest BCUT2D eigenvalue weighted by atomic mass is 35.5. The van der Waals surface area contributed by atoms with Crippen molar-refractivity contribution in [3.05, 3.63) is 53.7 Å². The first-order valence-electron chi connectivity index (χ1n) is 10.8. The maximum absolute atomic E-state index is 6.51. The van der Waals surface area contributed by atoms with Crippen LogP contribution in [0, 0.1) is 5.92 Å². The third-order valence-corrected chi connectivity index (χ3v) is 6.36. The van der Waals surface area contributed by atoms with Crippen LogP contribution in [0.1, 0.15) is 25.7 Å². The van der Waals surface area contributed by atoms with Crippen LogP contribution < -0.4 is 16.2 Å². The molecule has 4 aromatic rings. The number of hydrogen-bond acceptors (Lipinski definition) is 6. The zero-order valence-corrected chi connectivity index (χ0v) is 18.3. The molecule has 0 aliphatic heterocycles. The summed E-state index contributed by atoms with van der Waals surface area (Å²) in [5, 5.41) is 8.48. The molecule has 0 amide bonds. The Labute approximate surface area is 191 Å². The van der Waals surface area contributed by atoms with E-state index in [1.165, 1.54) is 0 Å². The maximum atomic E-state index is 6.51. The van der Waals surface area contributed by atoms with Crippen molar-refractivity contribution in [1.29, 1.82) is 0 Å². The van der Waals surface area contributed by atoms with E-state index in [-0.39, 0.29) is 5.82 Å². The summed E-state index contributed by atoms with van der Waals surface area (Å²) in [5.41, 5.74) is 16.2. The van der Waals surface area contributed by atoms with E-state index in [9.17, 15) is 0 Å². The summed E-state index contributed by atoms with van der Waals surface area (Å²) in [7, 11) is 0. The molecule has 1 saturated carbocycles. The molecule has 7 nitrogen and oxygen atoms in total. The Bertz CT molecular complexity index is 1230. The Hall–Kier alpha value is -3.16. The number of nitrogen functional groups attached to an aromatic ring is 1. The predicted molar refractivity (Wildman–Crippen MR) is 127 cm³/mol. The SMILES string of the molecule is Nc1nc(-c2ccccc2)c(-c2cc(Cl)c3[nH]ncc3c2)nc1OCC1CCC(N)CC1. The van der Waals surface area contributed by atoms with Crippen LogP contribution in [0.25, 0.3) is 33.4 Å². The summed E-state index contributed by atoms with van der Waals surface area (Å²) in [5.74, 6) is 1.07. The van der Waals surface area contributed by atoms with Crippen molar-refractivity contribution in [3.8, 4) is 28.4 Å². The van der Waals surface area contributed by atoms with Gasteiger partial charge in [-0.25, -0.2) is 9.97 Å². The van der Waals surface area contributed by atoms with E-state index >= 15 is 0 Å². The van der Waals surface area contributed by atoms with E-state index in [4.69, 9.17) is 37.8 Å². The van der Waals surface area contributed by atoms with Gasteiger partial charge < -0.3 is 16.2 Å².